The van der Waals surface area contributed by atoms with Gasteiger partial charge in [-0.3, -0.25) is 4.79 Å². The quantitative estimate of drug-likeness (QED) is 0.273. The average Bonchev–Trinajstić information content (AvgIpc) is 3.20. The Morgan fingerprint density at radius 3 is 2.25 bits per heavy atom. The smallest absolute Gasteiger partial charge is 0.363 e. The molecule has 0 atom stereocenters. The minimum absolute atomic E-state index is 0.0884. The van der Waals surface area contributed by atoms with Crippen LogP contribution in [0.3, 0.4) is 0 Å². The van der Waals surface area contributed by atoms with E-state index in [1.54, 1.807) is 5.38 Å². The van der Waals surface area contributed by atoms with Crippen molar-refractivity contribution in [3.63, 3.8) is 0 Å². The number of nitrogens with zero attached hydrogens (tertiary/aromatic N) is 2. The summed E-state index contributed by atoms with van der Waals surface area (Å²) in [6.07, 6.45) is -0.113. The van der Waals surface area contributed by atoms with Crippen LogP contribution < -0.4 is 5.32 Å². The van der Waals surface area contributed by atoms with Crippen molar-refractivity contribution in [2.24, 2.45) is 5.16 Å². The molecule has 0 aliphatic heterocycles. The van der Waals surface area contributed by atoms with Crippen LogP contribution in [0.4, 0.5) is 5.13 Å². The fourth-order valence-electron chi connectivity index (χ4n) is 2.53. The maximum atomic E-state index is 12.9. The van der Waals surface area contributed by atoms with Crippen LogP contribution in [0, 0.1) is 0 Å². The van der Waals surface area contributed by atoms with Gasteiger partial charge in [0.2, 0.25) is 12.1 Å². The first-order valence-corrected chi connectivity index (χ1v) is 9.19. The maximum Gasteiger partial charge on any atom is 0.363 e. The monoisotopic (exact) mass is 395 g/mol. The third kappa shape index (κ3) is 4.60. The van der Waals surface area contributed by atoms with Crippen LogP contribution in [0.5, 0.6) is 0 Å². The minimum atomic E-state index is -0.692. The lowest BCUT2D eigenvalue weighted by molar-refractivity contribution is -0.139. The van der Waals surface area contributed by atoms with Crippen molar-refractivity contribution in [2.45, 2.75) is 6.10 Å². The summed E-state index contributed by atoms with van der Waals surface area (Å²) in [4.78, 5) is 32.4. The highest BCUT2D eigenvalue weighted by atomic mass is 32.1. The fourth-order valence-corrected chi connectivity index (χ4v) is 3.18. The van der Waals surface area contributed by atoms with Gasteiger partial charge in [0.1, 0.15) is 12.8 Å². The lowest BCUT2D eigenvalue weighted by atomic mass is 10.0. The lowest BCUT2D eigenvalue weighted by Gasteiger charge is -2.19. The molecule has 0 aliphatic rings. The number of carbonyl (C=O) groups is 2. The van der Waals surface area contributed by atoms with Crippen molar-refractivity contribution >= 4 is 34.6 Å². The molecule has 3 rings (SSSR count). The number of thiazole rings is 1. The largest absolute Gasteiger partial charge is 0.448 e. The number of hydrogen-bond donors (Lipinski definition) is 1. The van der Waals surface area contributed by atoms with Gasteiger partial charge in [-0.05, 0) is 11.1 Å². The molecule has 0 aliphatic carbocycles. The van der Waals surface area contributed by atoms with E-state index in [-0.39, 0.29) is 11.4 Å². The van der Waals surface area contributed by atoms with Crippen molar-refractivity contribution in [3.8, 4) is 0 Å². The fraction of sp³-hybridized carbons (Fsp3) is 0.100. The summed E-state index contributed by atoms with van der Waals surface area (Å²) in [6.45, 7) is 0. The van der Waals surface area contributed by atoms with E-state index in [4.69, 9.17) is 9.57 Å². The van der Waals surface area contributed by atoms with Gasteiger partial charge in [0.25, 0.3) is 0 Å². The first-order chi connectivity index (χ1) is 13.7. The molecule has 0 saturated heterocycles. The van der Waals surface area contributed by atoms with Gasteiger partial charge in [-0.2, -0.15) is 0 Å². The van der Waals surface area contributed by atoms with E-state index in [2.05, 4.69) is 15.5 Å². The number of ether oxygens (including phenoxy) is 1. The molecule has 1 heterocycles. The van der Waals surface area contributed by atoms with Crippen LogP contribution in [0.1, 0.15) is 22.9 Å². The number of esters is 1. The van der Waals surface area contributed by atoms with Crippen molar-refractivity contribution in [1.29, 1.82) is 0 Å². The van der Waals surface area contributed by atoms with E-state index in [0.717, 1.165) is 22.5 Å². The Balaban J connectivity index is 1.91. The average molecular weight is 395 g/mol. The highest BCUT2D eigenvalue weighted by Gasteiger charge is 2.26. The van der Waals surface area contributed by atoms with Gasteiger partial charge >= 0.3 is 5.97 Å². The van der Waals surface area contributed by atoms with E-state index >= 15 is 0 Å². The number of benzene rings is 2. The second-order valence-electron chi connectivity index (χ2n) is 5.53. The lowest BCUT2D eigenvalue weighted by Crippen LogP contribution is -2.23. The molecule has 2 aromatic carbocycles. The minimum Gasteiger partial charge on any atom is -0.448 e. The molecule has 7 nitrogen and oxygen atoms in total. The predicted octanol–water partition coefficient (Wildman–Crippen LogP) is 3.39. The molecule has 0 fully saturated rings. The van der Waals surface area contributed by atoms with Crippen LogP contribution in [0.25, 0.3) is 0 Å². The number of hydrogen-bond acceptors (Lipinski definition) is 7. The van der Waals surface area contributed by atoms with E-state index < -0.39 is 12.1 Å². The Labute approximate surface area is 165 Å². The molecule has 8 heteroatoms. The molecule has 142 valence electrons. The van der Waals surface area contributed by atoms with E-state index in [0.29, 0.717) is 11.5 Å². The van der Waals surface area contributed by atoms with Gasteiger partial charge in [-0.1, -0.05) is 65.8 Å². The van der Waals surface area contributed by atoms with E-state index in [1.165, 1.54) is 7.11 Å². The van der Waals surface area contributed by atoms with Gasteiger partial charge in [0, 0.05) is 5.38 Å². The number of carbonyl (C=O) groups excluding carboxylic acids is 2. The van der Waals surface area contributed by atoms with Crippen molar-refractivity contribution in [2.75, 3.05) is 12.4 Å². The molecule has 1 amide bonds. The third-order valence-corrected chi connectivity index (χ3v) is 4.51. The van der Waals surface area contributed by atoms with Gasteiger partial charge in [0.05, 0.1) is 0 Å². The normalized spacial score (nSPS) is 11.1. The Morgan fingerprint density at radius 1 is 1.11 bits per heavy atom. The summed E-state index contributed by atoms with van der Waals surface area (Å²) in [5, 5.41) is 8.14. The molecule has 28 heavy (non-hydrogen) atoms. The number of nitrogens with one attached hydrogen (secondary N) is 1. The van der Waals surface area contributed by atoms with Gasteiger partial charge in [-0.25, -0.2) is 9.78 Å². The molecule has 0 radical (unpaired) electrons. The van der Waals surface area contributed by atoms with Crippen LogP contribution in [-0.2, 0) is 19.2 Å². The number of anilines is 1. The van der Waals surface area contributed by atoms with E-state index in [1.807, 2.05) is 60.7 Å². The number of aromatic nitrogens is 1. The summed E-state index contributed by atoms with van der Waals surface area (Å²) in [6, 6.07) is 18.8. The highest BCUT2D eigenvalue weighted by molar-refractivity contribution is 7.14. The Bertz CT molecular complexity index is 918. The summed E-state index contributed by atoms with van der Waals surface area (Å²) in [5.74, 6) is -0.692. The Kier molecular flexibility index (Phi) is 6.48. The second-order valence-corrected chi connectivity index (χ2v) is 6.39. The van der Waals surface area contributed by atoms with Crippen LogP contribution in [0.15, 0.2) is 71.2 Å². The second kappa shape index (κ2) is 9.43. The van der Waals surface area contributed by atoms with Crippen LogP contribution >= 0.6 is 11.3 Å². The predicted molar refractivity (Wildman–Crippen MR) is 106 cm³/mol. The summed E-state index contributed by atoms with van der Waals surface area (Å²) in [7, 11) is 1.33. The number of amides is 1. The van der Waals surface area contributed by atoms with Crippen LogP contribution in [0.2, 0.25) is 0 Å². The van der Waals surface area contributed by atoms with Gasteiger partial charge in [0.15, 0.2) is 11.2 Å². The van der Waals surface area contributed by atoms with Crippen molar-refractivity contribution < 1.29 is 19.2 Å². The van der Waals surface area contributed by atoms with Crippen molar-refractivity contribution in [3.05, 3.63) is 82.9 Å². The summed E-state index contributed by atoms with van der Waals surface area (Å²) < 4.78 is 5.79. The maximum absolute atomic E-state index is 12.9. The zero-order chi connectivity index (χ0) is 19.8. The van der Waals surface area contributed by atoms with Crippen LogP contribution in [-0.4, -0.2) is 30.2 Å². The topological polar surface area (TPSA) is 89.9 Å². The highest BCUT2D eigenvalue weighted by Crippen LogP contribution is 2.27. The molecular weight excluding hydrogens is 378 g/mol. The first kappa shape index (κ1) is 19.2. The van der Waals surface area contributed by atoms with E-state index in [9.17, 15) is 9.59 Å². The molecule has 0 bridgehead atoms. The summed E-state index contributed by atoms with van der Waals surface area (Å²) >= 11 is 1.16. The molecular formula is C20H17N3O4S. The molecule has 1 N–H and O–H groups in total. The molecule has 1 aromatic heterocycles. The Morgan fingerprint density at radius 2 is 1.71 bits per heavy atom. The van der Waals surface area contributed by atoms with Gasteiger partial charge < -0.3 is 14.9 Å². The SMILES string of the molecule is CO/N=C(\C(=O)OC(c1ccccc1)c1ccccc1)c1csc(NC=O)n1. The molecule has 0 unspecified atom stereocenters. The molecule has 0 saturated carbocycles. The molecule has 3 aromatic rings. The van der Waals surface area contributed by atoms with Crippen molar-refractivity contribution in [1.82, 2.24) is 4.98 Å². The molecule has 0 spiro atoms. The first-order valence-electron chi connectivity index (χ1n) is 8.31. The zero-order valence-electron chi connectivity index (χ0n) is 14.9. The number of oxime groups is 1. The summed E-state index contributed by atoms with van der Waals surface area (Å²) in [5.41, 5.74) is 1.80. The third-order valence-electron chi connectivity index (χ3n) is 3.73. The standard InChI is InChI=1S/C20H17N3O4S/c1-26-23-17(16-12-28-20(22-16)21-13-24)19(25)27-18(14-8-4-2-5-9-14)15-10-6-3-7-11-15/h2-13,18H,1H3,(H,21,22,24)/b23-17-. The Hall–Kier alpha value is -3.52. The zero-order valence-corrected chi connectivity index (χ0v) is 15.8. The number of rotatable bonds is 8. The van der Waals surface area contributed by atoms with Gasteiger partial charge in [-0.15, -0.1) is 11.3 Å².